The number of rotatable bonds is 0. The van der Waals surface area contributed by atoms with Crippen LogP contribution in [0.1, 0.15) is 20.3 Å². The summed E-state index contributed by atoms with van der Waals surface area (Å²) < 4.78 is 0. The summed E-state index contributed by atoms with van der Waals surface area (Å²) in [7, 11) is 0. The predicted octanol–water partition coefficient (Wildman–Crippen LogP) is 3.90. The molecule has 3 N–H and O–H groups in total. The second-order valence-corrected chi connectivity index (χ2v) is 5.18. The quantitative estimate of drug-likeness (QED) is 0.461. The minimum absolute atomic E-state index is 0.203. The monoisotopic (exact) mass is 302 g/mol. The number of aromatic nitrogens is 4. The van der Waals surface area contributed by atoms with Crippen LogP contribution in [0.3, 0.4) is 0 Å². The first-order chi connectivity index (χ1) is 10.3. The van der Waals surface area contributed by atoms with E-state index >= 15 is 0 Å². The summed E-state index contributed by atoms with van der Waals surface area (Å²) >= 11 is 1.71. The minimum Gasteiger partial charge on any atom is -0.346 e. The van der Waals surface area contributed by atoms with Crippen LogP contribution in [-0.2, 0) is 0 Å². The number of aromatic amines is 3. The summed E-state index contributed by atoms with van der Waals surface area (Å²) in [5.41, 5.74) is 2.11. The summed E-state index contributed by atoms with van der Waals surface area (Å²) in [6, 6.07) is 5.92. The van der Waals surface area contributed by atoms with Crippen molar-refractivity contribution in [3.8, 4) is 0 Å². The summed E-state index contributed by atoms with van der Waals surface area (Å²) in [5, 5.41) is 5.01. The van der Waals surface area contributed by atoms with Crippen molar-refractivity contribution in [3.63, 3.8) is 0 Å². The van der Waals surface area contributed by atoms with E-state index in [0.29, 0.717) is 0 Å². The van der Waals surface area contributed by atoms with Crippen LogP contribution in [0, 0.1) is 0 Å². The number of imidazole rings is 1. The van der Waals surface area contributed by atoms with Gasteiger partial charge in [-0.2, -0.15) is 11.3 Å². The summed E-state index contributed by atoms with van der Waals surface area (Å²) in [4.78, 5) is 23.5. The van der Waals surface area contributed by atoms with E-state index in [1.54, 1.807) is 23.7 Å². The number of nitrogens with one attached hydrogen (secondary N) is 3. The standard InChI is InChI=1S/C8H6N4O.C4H4S.C3H8/c13-8-11-5-3-10-7-4(1-2-9-7)6(5)12-8;1-2-4-5-3-1;1-3-2/h1-3H,(H,9,10)(H2,11,12,13);1-4H;3H2,1-2H3. The lowest BCUT2D eigenvalue weighted by Crippen LogP contribution is -1.99. The zero-order chi connectivity index (χ0) is 15.1. The van der Waals surface area contributed by atoms with Crippen LogP contribution in [0.5, 0.6) is 0 Å². The van der Waals surface area contributed by atoms with Gasteiger partial charge in [0.25, 0.3) is 0 Å². The van der Waals surface area contributed by atoms with Gasteiger partial charge in [0, 0.05) is 11.6 Å². The van der Waals surface area contributed by atoms with E-state index in [1.165, 1.54) is 6.42 Å². The van der Waals surface area contributed by atoms with Crippen LogP contribution in [0.4, 0.5) is 0 Å². The zero-order valence-corrected chi connectivity index (χ0v) is 12.8. The molecule has 0 saturated heterocycles. The molecule has 0 fully saturated rings. The molecule has 5 nitrogen and oxygen atoms in total. The SMILES string of the molecule is CCC.O=c1[nH]c2cnc3[nH]ccc3c2[nH]1.c1ccsc1. The van der Waals surface area contributed by atoms with Gasteiger partial charge in [0.1, 0.15) is 5.65 Å². The van der Waals surface area contributed by atoms with Gasteiger partial charge in [-0.25, -0.2) is 9.78 Å². The summed E-state index contributed by atoms with van der Waals surface area (Å²) in [5.74, 6) is 0. The molecule has 0 aliphatic carbocycles. The lowest BCUT2D eigenvalue weighted by molar-refractivity contribution is 1.09. The molecular formula is C15H18N4OS. The lowest BCUT2D eigenvalue weighted by Gasteiger charge is -1.89. The molecule has 0 amide bonds. The number of thiophene rings is 1. The molecule has 0 saturated carbocycles. The number of hydrogen-bond acceptors (Lipinski definition) is 3. The Bertz CT molecular complexity index is 809. The maximum atomic E-state index is 11.0. The van der Waals surface area contributed by atoms with Crippen LogP contribution in [0.25, 0.3) is 22.1 Å². The van der Waals surface area contributed by atoms with Gasteiger partial charge in [-0.1, -0.05) is 32.4 Å². The van der Waals surface area contributed by atoms with E-state index in [4.69, 9.17) is 0 Å². The molecule has 4 rings (SSSR count). The van der Waals surface area contributed by atoms with Gasteiger partial charge in [0.05, 0.1) is 17.2 Å². The molecule has 6 heteroatoms. The minimum atomic E-state index is -0.203. The Morgan fingerprint density at radius 2 is 1.90 bits per heavy atom. The van der Waals surface area contributed by atoms with Crippen molar-refractivity contribution in [3.05, 3.63) is 51.8 Å². The lowest BCUT2D eigenvalue weighted by atomic mass is 10.3. The van der Waals surface area contributed by atoms with Crippen LogP contribution in [0.15, 0.2) is 46.1 Å². The molecule has 4 aromatic rings. The maximum Gasteiger partial charge on any atom is 0.323 e. The molecule has 0 spiro atoms. The van der Waals surface area contributed by atoms with E-state index in [2.05, 4.69) is 33.8 Å². The smallest absolute Gasteiger partial charge is 0.323 e. The van der Waals surface area contributed by atoms with Crippen LogP contribution in [-0.4, -0.2) is 19.9 Å². The fourth-order valence-electron chi connectivity index (χ4n) is 1.73. The molecule has 0 atom stereocenters. The summed E-state index contributed by atoms with van der Waals surface area (Å²) in [6.45, 7) is 4.25. The van der Waals surface area contributed by atoms with Crippen molar-refractivity contribution >= 4 is 33.4 Å². The molecule has 4 aromatic heterocycles. The van der Waals surface area contributed by atoms with Gasteiger partial charge in [-0.15, -0.1) is 0 Å². The highest BCUT2D eigenvalue weighted by Crippen LogP contribution is 2.17. The third-order valence-electron chi connectivity index (χ3n) is 2.50. The highest BCUT2D eigenvalue weighted by molar-refractivity contribution is 7.07. The van der Waals surface area contributed by atoms with Gasteiger partial charge in [0.2, 0.25) is 0 Å². The van der Waals surface area contributed by atoms with Crippen molar-refractivity contribution in [2.75, 3.05) is 0 Å². The van der Waals surface area contributed by atoms with E-state index in [-0.39, 0.29) is 5.69 Å². The van der Waals surface area contributed by atoms with E-state index in [1.807, 2.05) is 29.0 Å². The van der Waals surface area contributed by atoms with Crippen LogP contribution < -0.4 is 5.69 Å². The van der Waals surface area contributed by atoms with Gasteiger partial charge in [0.15, 0.2) is 0 Å². The maximum absolute atomic E-state index is 11.0. The molecule has 0 bridgehead atoms. The first kappa shape index (κ1) is 15.1. The third kappa shape index (κ3) is 3.82. The number of fused-ring (bicyclic) bond motifs is 3. The molecule has 0 aliphatic rings. The van der Waals surface area contributed by atoms with Crippen molar-refractivity contribution in [1.29, 1.82) is 0 Å². The van der Waals surface area contributed by atoms with Gasteiger partial charge in [-0.05, 0) is 16.8 Å². The van der Waals surface area contributed by atoms with Crippen molar-refractivity contribution in [2.24, 2.45) is 0 Å². The summed E-state index contributed by atoms with van der Waals surface area (Å²) in [6.07, 6.45) is 4.68. The molecule has 110 valence electrons. The topological polar surface area (TPSA) is 77.3 Å². The molecular weight excluding hydrogens is 284 g/mol. The zero-order valence-electron chi connectivity index (χ0n) is 12.0. The molecule has 0 aromatic carbocycles. The van der Waals surface area contributed by atoms with Crippen LogP contribution >= 0.6 is 11.3 Å². The van der Waals surface area contributed by atoms with Gasteiger partial charge >= 0.3 is 5.69 Å². The van der Waals surface area contributed by atoms with Crippen molar-refractivity contribution in [1.82, 2.24) is 19.9 Å². The van der Waals surface area contributed by atoms with Crippen molar-refractivity contribution in [2.45, 2.75) is 20.3 Å². The predicted molar refractivity (Wildman–Crippen MR) is 88.9 cm³/mol. The Labute approximate surface area is 126 Å². The Balaban J connectivity index is 0.000000169. The average Bonchev–Trinajstić information content (AvgIpc) is 3.21. The Kier molecular flexibility index (Phi) is 5.34. The molecule has 0 unspecified atom stereocenters. The number of nitrogens with zero attached hydrogens (tertiary/aromatic N) is 1. The fraction of sp³-hybridized carbons (Fsp3) is 0.200. The van der Waals surface area contributed by atoms with E-state index < -0.39 is 0 Å². The Morgan fingerprint density at radius 3 is 2.52 bits per heavy atom. The normalized spacial score (nSPS) is 9.81. The first-order valence-electron chi connectivity index (χ1n) is 6.77. The second-order valence-electron chi connectivity index (χ2n) is 4.37. The highest BCUT2D eigenvalue weighted by atomic mass is 32.1. The molecule has 0 radical (unpaired) electrons. The molecule has 21 heavy (non-hydrogen) atoms. The second kappa shape index (κ2) is 7.44. The number of hydrogen-bond donors (Lipinski definition) is 3. The Morgan fingerprint density at radius 1 is 1.19 bits per heavy atom. The van der Waals surface area contributed by atoms with Gasteiger partial charge in [-0.3, -0.25) is 0 Å². The number of H-pyrrole nitrogens is 3. The fourth-order valence-corrected chi connectivity index (χ4v) is 2.18. The Hall–Kier alpha value is -2.34. The third-order valence-corrected chi connectivity index (χ3v) is 3.13. The number of pyridine rings is 1. The molecule has 4 heterocycles. The van der Waals surface area contributed by atoms with Gasteiger partial charge < -0.3 is 15.0 Å². The first-order valence-corrected chi connectivity index (χ1v) is 7.71. The molecule has 0 aliphatic heterocycles. The van der Waals surface area contributed by atoms with Crippen LogP contribution in [0.2, 0.25) is 0 Å². The average molecular weight is 302 g/mol. The van der Waals surface area contributed by atoms with E-state index in [9.17, 15) is 4.79 Å². The highest BCUT2D eigenvalue weighted by Gasteiger charge is 2.04. The largest absolute Gasteiger partial charge is 0.346 e. The van der Waals surface area contributed by atoms with E-state index in [0.717, 1.165) is 22.1 Å². The van der Waals surface area contributed by atoms with Crippen molar-refractivity contribution < 1.29 is 0 Å².